The van der Waals surface area contributed by atoms with E-state index >= 15 is 0 Å². The Morgan fingerprint density at radius 1 is 1.11 bits per heavy atom. The lowest BCUT2D eigenvalue weighted by molar-refractivity contribution is 0.210. The summed E-state index contributed by atoms with van der Waals surface area (Å²) in [5.41, 5.74) is 3.06. The van der Waals surface area contributed by atoms with Gasteiger partial charge in [-0.2, -0.15) is 0 Å². The molecule has 0 aromatic carbocycles. The number of nitrogens with zero attached hydrogens (tertiary/aromatic N) is 4. The van der Waals surface area contributed by atoms with E-state index < -0.39 is 0 Å². The fourth-order valence-electron chi connectivity index (χ4n) is 3.74. The molecule has 1 fully saturated rings. The number of ether oxygens (including phenoxy) is 1. The Hall–Kier alpha value is -2.81. The van der Waals surface area contributed by atoms with E-state index in [1.807, 2.05) is 0 Å². The van der Waals surface area contributed by atoms with Gasteiger partial charge in [0.15, 0.2) is 11.3 Å². The van der Waals surface area contributed by atoms with Gasteiger partial charge in [-0.05, 0) is 12.3 Å². The number of imidazole rings is 1. The lowest BCUT2D eigenvalue weighted by Gasteiger charge is -2.21. The van der Waals surface area contributed by atoms with E-state index in [4.69, 9.17) is 9.72 Å². The Labute approximate surface area is 162 Å². The smallest absolute Gasteiger partial charge is 0.326 e. The van der Waals surface area contributed by atoms with Crippen LogP contribution in [0.1, 0.15) is 37.8 Å². The first-order chi connectivity index (χ1) is 13.7. The Bertz CT molecular complexity index is 974. The molecule has 3 heterocycles. The maximum atomic E-state index is 11.7. The van der Waals surface area contributed by atoms with Crippen LogP contribution in [-0.2, 0) is 11.2 Å². The van der Waals surface area contributed by atoms with Gasteiger partial charge in [-0.15, -0.1) is 0 Å². The third kappa shape index (κ3) is 4.19. The van der Waals surface area contributed by atoms with Crippen LogP contribution in [0.3, 0.4) is 0 Å². The highest BCUT2D eigenvalue weighted by Crippen LogP contribution is 2.30. The molecule has 0 spiro atoms. The number of fused-ring (bicyclic) bond motifs is 1. The van der Waals surface area contributed by atoms with Crippen molar-refractivity contribution in [2.24, 2.45) is 5.92 Å². The lowest BCUT2D eigenvalue weighted by atomic mass is 9.85. The Morgan fingerprint density at radius 2 is 1.82 bits per heavy atom. The van der Waals surface area contributed by atoms with E-state index in [1.165, 1.54) is 32.1 Å². The van der Waals surface area contributed by atoms with Crippen molar-refractivity contribution >= 4 is 17.2 Å². The largest absolute Gasteiger partial charge is 0.383 e. The second-order valence-corrected chi connectivity index (χ2v) is 7.22. The van der Waals surface area contributed by atoms with Gasteiger partial charge in [0.1, 0.15) is 0 Å². The predicted molar refractivity (Wildman–Crippen MR) is 106 cm³/mol. The number of hydrogen-bond donors (Lipinski definition) is 3. The van der Waals surface area contributed by atoms with Gasteiger partial charge in [0.2, 0.25) is 5.95 Å². The van der Waals surface area contributed by atoms with Crippen molar-refractivity contribution in [1.82, 2.24) is 29.9 Å². The topological polar surface area (TPSA) is 121 Å². The van der Waals surface area contributed by atoms with Crippen LogP contribution in [0.15, 0.2) is 17.2 Å². The second kappa shape index (κ2) is 8.47. The minimum Gasteiger partial charge on any atom is -0.383 e. The summed E-state index contributed by atoms with van der Waals surface area (Å²) < 4.78 is 5.02. The minimum absolute atomic E-state index is 0.301. The normalized spacial score (nSPS) is 15.2. The maximum Gasteiger partial charge on any atom is 0.326 e. The van der Waals surface area contributed by atoms with Crippen LogP contribution >= 0.6 is 0 Å². The van der Waals surface area contributed by atoms with E-state index in [0.717, 1.165) is 23.4 Å². The lowest BCUT2D eigenvalue weighted by Crippen LogP contribution is -2.12. The maximum absolute atomic E-state index is 11.7. The molecule has 1 saturated carbocycles. The molecule has 148 valence electrons. The van der Waals surface area contributed by atoms with Gasteiger partial charge in [0, 0.05) is 31.6 Å². The van der Waals surface area contributed by atoms with Crippen molar-refractivity contribution in [3.05, 3.63) is 28.6 Å². The minimum atomic E-state index is -0.301. The van der Waals surface area contributed by atoms with Crippen molar-refractivity contribution in [2.45, 2.75) is 38.5 Å². The summed E-state index contributed by atoms with van der Waals surface area (Å²) in [6.07, 6.45) is 10.6. The monoisotopic (exact) mass is 383 g/mol. The number of H-pyrrole nitrogens is 2. The van der Waals surface area contributed by atoms with Gasteiger partial charge in [0.05, 0.1) is 18.0 Å². The van der Waals surface area contributed by atoms with Crippen LogP contribution in [0.5, 0.6) is 0 Å². The van der Waals surface area contributed by atoms with E-state index in [2.05, 4.69) is 30.2 Å². The highest BCUT2D eigenvalue weighted by atomic mass is 16.5. The van der Waals surface area contributed by atoms with Crippen molar-refractivity contribution < 1.29 is 4.74 Å². The van der Waals surface area contributed by atoms with Gasteiger partial charge in [-0.25, -0.2) is 24.7 Å². The molecule has 0 aliphatic heterocycles. The second-order valence-electron chi connectivity index (χ2n) is 7.22. The Morgan fingerprint density at radius 3 is 2.54 bits per heavy atom. The fourth-order valence-corrected chi connectivity index (χ4v) is 3.74. The molecule has 1 aliphatic rings. The van der Waals surface area contributed by atoms with E-state index in [9.17, 15) is 4.79 Å². The number of aromatic amines is 2. The summed E-state index contributed by atoms with van der Waals surface area (Å²) in [4.78, 5) is 35.2. The summed E-state index contributed by atoms with van der Waals surface area (Å²) >= 11 is 0. The highest BCUT2D eigenvalue weighted by Gasteiger charge is 2.20. The molecule has 4 rings (SSSR count). The number of hydrogen-bond acceptors (Lipinski definition) is 7. The van der Waals surface area contributed by atoms with Crippen LogP contribution in [-0.4, -0.2) is 50.2 Å². The Kier molecular flexibility index (Phi) is 5.61. The van der Waals surface area contributed by atoms with Crippen LogP contribution in [0, 0.1) is 5.92 Å². The molecule has 9 heteroatoms. The summed E-state index contributed by atoms with van der Waals surface area (Å²) in [6, 6.07) is 0. The molecule has 9 nitrogen and oxygen atoms in total. The first-order valence-corrected chi connectivity index (χ1v) is 9.77. The number of anilines is 1. The summed E-state index contributed by atoms with van der Waals surface area (Å²) in [5, 5.41) is 3.10. The molecule has 0 atom stereocenters. The molecule has 0 radical (unpaired) electrons. The first-order valence-electron chi connectivity index (χ1n) is 9.77. The highest BCUT2D eigenvalue weighted by molar-refractivity contribution is 5.72. The molecule has 0 saturated heterocycles. The van der Waals surface area contributed by atoms with E-state index in [1.54, 1.807) is 19.5 Å². The van der Waals surface area contributed by atoms with Gasteiger partial charge in [-0.3, -0.25) is 9.97 Å². The predicted octanol–water partition coefficient (Wildman–Crippen LogP) is 2.28. The third-order valence-electron chi connectivity index (χ3n) is 5.15. The number of rotatable bonds is 7. The van der Waals surface area contributed by atoms with Crippen molar-refractivity contribution in [1.29, 1.82) is 0 Å². The van der Waals surface area contributed by atoms with Gasteiger partial charge in [0.25, 0.3) is 0 Å². The Balaban J connectivity index is 1.65. The summed E-state index contributed by atoms with van der Waals surface area (Å²) in [6.45, 7) is 1.22. The van der Waals surface area contributed by atoms with Crippen LogP contribution in [0.25, 0.3) is 22.6 Å². The van der Waals surface area contributed by atoms with Crippen LogP contribution < -0.4 is 11.0 Å². The van der Waals surface area contributed by atoms with Crippen LogP contribution in [0.2, 0.25) is 0 Å². The molecule has 3 aromatic rings. The molecular formula is C19H25N7O2. The number of methoxy groups -OCH3 is 1. The molecule has 28 heavy (non-hydrogen) atoms. The average molecular weight is 383 g/mol. The molecule has 0 amide bonds. The molecule has 3 N–H and O–H groups in total. The van der Waals surface area contributed by atoms with Crippen molar-refractivity contribution in [2.75, 3.05) is 25.6 Å². The fraction of sp³-hybridized carbons (Fsp3) is 0.526. The van der Waals surface area contributed by atoms with Gasteiger partial charge < -0.3 is 10.1 Å². The molecule has 1 aliphatic carbocycles. The van der Waals surface area contributed by atoms with E-state index in [-0.39, 0.29) is 5.69 Å². The number of aromatic nitrogens is 6. The quantitative estimate of drug-likeness (QED) is 0.535. The SMILES string of the molecule is COCCNc1ncc(-c2nc3[nH]c(=O)[nH]c3nc2CC2CCCCC2)cn1. The average Bonchev–Trinajstić information content (AvgIpc) is 3.08. The summed E-state index contributed by atoms with van der Waals surface area (Å²) in [7, 11) is 1.65. The van der Waals surface area contributed by atoms with Crippen LogP contribution in [0.4, 0.5) is 5.95 Å². The summed E-state index contributed by atoms with van der Waals surface area (Å²) in [5.74, 6) is 1.14. The number of nitrogens with one attached hydrogen (secondary N) is 3. The van der Waals surface area contributed by atoms with Gasteiger partial charge >= 0.3 is 5.69 Å². The molecular weight excluding hydrogens is 358 g/mol. The molecule has 3 aromatic heterocycles. The van der Waals surface area contributed by atoms with Crippen molar-refractivity contribution in [3.8, 4) is 11.3 Å². The zero-order chi connectivity index (χ0) is 19.3. The third-order valence-corrected chi connectivity index (χ3v) is 5.15. The molecule has 0 unspecified atom stereocenters. The van der Waals surface area contributed by atoms with E-state index in [0.29, 0.717) is 36.3 Å². The zero-order valence-electron chi connectivity index (χ0n) is 16.0. The van der Waals surface area contributed by atoms with Gasteiger partial charge in [-0.1, -0.05) is 32.1 Å². The molecule has 0 bridgehead atoms. The standard InChI is InChI=1S/C19H25N7O2/c1-28-8-7-20-18-21-10-13(11-22-18)15-14(9-12-5-3-2-4-6-12)23-16-17(24-15)26-19(27)25-16/h10-12H,2-9H2,1H3,(H,20,21,22)(H2,23,24,25,26,27). The zero-order valence-corrected chi connectivity index (χ0v) is 16.0. The first kappa shape index (κ1) is 18.5. The van der Waals surface area contributed by atoms with Crippen molar-refractivity contribution in [3.63, 3.8) is 0 Å².